The van der Waals surface area contributed by atoms with Crippen molar-refractivity contribution < 1.29 is 102 Å². The molecule has 0 saturated carbocycles. The van der Waals surface area contributed by atoms with Crippen LogP contribution in [-0.4, -0.2) is 79.1 Å². The zero-order valence-electron chi connectivity index (χ0n) is 18.5. The molecule has 40 heavy (non-hydrogen) atoms. The largest absolute Gasteiger partial charge is 0.460 e. The van der Waals surface area contributed by atoms with Gasteiger partial charge >= 0.3 is 59.8 Å². The molecule has 0 rings (SSSR count). The van der Waals surface area contributed by atoms with Crippen molar-refractivity contribution in [1.29, 1.82) is 0 Å². The SMILES string of the molecule is C=CC(=O)OC(COCCC(F)(F)C(F)(F)C(F)(F)C(F)(F)F)CC(F)(F)C(F)(F)C(F)(F)C(F)(F)C(F)(F)F. The van der Waals surface area contributed by atoms with Crippen molar-refractivity contribution in [3.05, 3.63) is 12.7 Å². The van der Waals surface area contributed by atoms with Crippen molar-refractivity contribution >= 4 is 5.97 Å². The van der Waals surface area contributed by atoms with Crippen molar-refractivity contribution in [2.45, 2.75) is 72.8 Å². The van der Waals surface area contributed by atoms with Gasteiger partial charge in [-0.1, -0.05) is 6.58 Å². The van der Waals surface area contributed by atoms with Gasteiger partial charge in [-0.05, 0) is 0 Å². The Bertz CT molecular complexity index is 888. The highest BCUT2D eigenvalue weighted by Crippen LogP contribution is 2.58. The molecule has 238 valence electrons. The number of carbonyl (C=O) groups is 1. The summed E-state index contributed by atoms with van der Waals surface area (Å²) in [4.78, 5) is 11.1. The molecular weight excluding hydrogens is 632 g/mol. The van der Waals surface area contributed by atoms with Crippen molar-refractivity contribution in [3.63, 3.8) is 0 Å². The maximum absolute atomic E-state index is 13.9. The first kappa shape index (κ1) is 37.8. The number of alkyl halides is 20. The molecule has 0 saturated heterocycles. The lowest BCUT2D eigenvalue weighted by molar-refractivity contribution is -0.423. The van der Waals surface area contributed by atoms with E-state index in [0.29, 0.717) is 0 Å². The van der Waals surface area contributed by atoms with E-state index in [1.54, 1.807) is 0 Å². The number of ether oxygens (including phenoxy) is 2. The van der Waals surface area contributed by atoms with Gasteiger partial charge in [0, 0.05) is 12.5 Å². The summed E-state index contributed by atoms with van der Waals surface area (Å²) in [6, 6.07) is 0. The van der Waals surface area contributed by atoms with Crippen LogP contribution in [-0.2, 0) is 14.3 Å². The zero-order chi connectivity index (χ0) is 32.6. The fourth-order valence-corrected chi connectivity index (χ4v) is 2.35. The third kappa shape index (κ3) is 6.80. The average Bonchev–Trinajstić information content (AvgIpc) is 2.73. The Morgan fingerprint density at radius 1 is 0.600 bits per heavy atom. The Hall–Kier alpha value is -2.23. The molecule has 0 radical (unpaired) electrons. The second-order valence-electron chi connectivity index (χ2n) is 7.57. The van der Waals surface area contributed by atoms with Crippen LogP contribution >= 0.6 is 0 Å². The van der Waals surface area contributed by atoms with E-state index in [9.17, 15) is 92.6 Å². The van der Waals surface area contributed by atoms with Gasteiger partial charge in [-0.15, -0.1) is 0 Å². The topological polar surface area (TPSA) is 35.5 Å². The molecule has 0 aromatic heterocycles. The van der Waals surface area contributed by atoms with Crippen LogP contribution in [0.25, 0.3) is 0 Å². The summed E-state index contributed by atoms with van der Waals surface area (Å²) in [5.41, 5.74) is 0. The second-order valence-corrected chi connectivity index (χ2v) is 7.57. The number of halogens is 20. The van der Waals surface area contributed by atoms with Gasteiger partial charge in [-0.2, -0.15) is 87.8 Å². The highest BCUT2D eigenvalue weighted by molar-refractivity contribution is 5.81. The van der Waals surface area contributed by atoms with E-state index in [4.69, 9.17) is 0 Å². The molecule has 0 aliphatic carbocycles. The summed E-state index contributed by atoms with van der Waals surface area (Å²) in [6.45, 7) is -1.60. The molecule has 0 aliphatic rings. The Morgan fingerprint density at radius 2 is 0.975 bits per heavy atom. The van der Waals surface area contributed by atoms with Crippen LogP contribution in [0.3, 0.4) is 0 Å². The minimum atomic E-state index is -7.90. The standard InChI is InChI=1S/C17H12F20O3/c1-2-8(38)40-7(5-10(20,21)12(24,25)13(26,27)15(30,31)17(35,36)37)6-39-4-3-9(18,19)11(22,23)14(28,29)16(32,33)34/h2,7H,1,3-6H2. The first-order valence-electron chi connectivity index (χ1n) is 9.47. The molecule has 3 nitrogen and oxygen atoms in total. The molecule has 0 fully saturated rings. The zero-order valence-corrected chi connectivity index (χ0v) is 18.5. The summed E-state index contributed by atoms with van der Waals surface area (Å²) < 4.78 is 266. The Balaban J connectivity index is 5.89. The smallest absolute Gasteiger partial charge is 0.457 e. The lowest BCUT2D eigenvalue weighted by atomic mass is 9.94. The maximum atomic E-state index is 13.9. The van der Waals surface area contributed by atoms with Crippen molar-refractivity contribution in [2.75, 3.05) is 13.2 Å². The van der Waals surface area contributed by atoms with E-state index >= 15 is 0 Å². The van der Waals surface area contributed by atoms with Gasteiger partial charge in [0.1, 0.15) is 6.10 Å². The molecule has 0 N–H and O–H groups in total. The molecule has 0 spiro atoms. The van der Waals surface area contributed by atoms with Gasteiger partial charge in [0.2, 0.25) is 0 Å². The second kappa shape index (κ2) is 11.2. The number of esters is 1. The summed E-state index contributed by atoms with van der Waals surface area (Å²) in [7, 11) is 0. The number of hydrogen-bond acceptors (Lipinski definition) is 3. The van der Waals surface area contributed by atoms with Crippen LogP contribution in [0, 0.1) is 0 Å². The molecule has 0 aromatic rings. The highest BCUT2D eigenvalue weighted by atomic mass is 19.4. The highest BCUT2D eigenvalue weighted by Gasteiger charge is 2.87. The molecular formula is C17H12F20O3. The maximum Gasteiger partial charge on any atom is 0.460 e. The summed E-state index contributed by atoms with van der Waals surface area (Å²) >= 11 is 0. The third-order valence-corrected chi connectivity index (χ3v) is 4.61. The van der Waals surface area contributed by atoms with E-state index < -0.39 is 91.9 Å². The molecule has 0 amide bonds. The number of rotatable bonds is 14. The van der Waals surface area contributed by atoms with Crippen molar-refractivity contribution in [3.8, 4) is 0 Å². The number of carbonyl (C=O) groups excluding carboxylic acids is 1. The molecule has 23 heteroatoms. The normalized spacial score (nSPS) is 16.1. The van der Waals surface area contributed by atoms with Crippen LogP contribution in [0.5, 0.6) is 0 Å². The van der Waals surface area contributed by atoms with E-state index in [1.165, 1.54) is 0 Å². The molecule has 0 bridgehead atoms. The predicted molar refractivity (Wildman–Crippen MR) is 86.9 cm³/mol. The van der Waals surface area contributed by atoms with E-state index in [2.05, 4.69) is 16.1 Å². The number of hydrogen-bond donors (Lipinski definition) is 0. The van der Waals surface area contributed by atoms with Crippen LogP contribution < -0.4 is 0 Å². The van der Waals surface area contributed by atoms with Crippen LogP contribution in [0.2, 0.25) is 0 Å². The molecule has 0 heterocycles. The Labute approximate surface area is 208 Å². The van der Waals surface area contributed by atoms with Gasteiger partial charge < -0.3 is 9.47 Å². The minimum absolute atomic E-state index is 0.00359. The van der Waals surface area contributed by atoms with Crippen LogP contribution in [0.4, 0.5) is 87.8 Å². The van der Waals surface area contributed by atoms with Crippen molar-refractivity contribution in [1.82, 2.24) is 0 Å². The fraction of sp³-hybridized carbons (Fsp3) is 0.824. The Kier molecular flexibility index (Phi) is 10.6. The monoisotopic (exact) mass is 644 g/mol. The third-order valence-electron chi connectivity index (χ3n) is 4.61. The van der Waals surface area contributed by atoms with Gasteiger partial charge in [-0.25, -0.2) is 4.79 Å². The summed E-state index contributed by atoms with van der Waals surface area (Å²) in [5, 5.41) is 0. The fourth-order valence-electron chi connectivity index (χ4n) is 2.35. The Morgan fingerprint density at radius 3 is 1.35 bits per heavy atom. The van der Waals surface area contributed by atoms with Gasteiger partial charge in [-0.3, -0.25) is 0 Å². The van der Waals surface area contributed by atoms with Gasteiger partial charge in [0.15, 0.2) is 0 Å². The van der Waals surface area contributed by atoms with E-state index in [1.807, 2.05) is 0 Å². The first-order valence-corrected chi connectivity index (χ1v) is 9.47. The summed E-state index contributed by atoms with van der Waals surface area (Å²) in [6.07, 6.45) is -23.9. The lowest BCUT2D eigenvalue weighted by Crippen LogP contribution is -2.66. The van der Waals surface area contributed by atoms with Gasteiger partial charge in [0.05, 0.1) is 19.6 Å². The molecule has 0 aromatic carbocycles. The predicted octanol–water partition coefficient (Wildman–Crippen LogP) is 7.45. The molecule has 1 atom stereocenters. The molecule has 0 aliphatic heterocycles. The minimum Gasteiger partial charge on any atom is -0.457 e. The molecule has 1 unspecified atom stereocenters. The van der Waals surface area contributed by atoms with E-state index in [-0.39, 0.29) is 6.08 Å². The van der Waals surface area contributed by atoms with Crippen LogP contribution in [0.15, 0.2) is 12.7 Å². The van der Waals surface area contributed by atoms with E-state index in [0.717, 1.165) is 0 Å². The quantitative estimate of drug-likeness (QED) is 0.0854. The lowest BCUT2D eigenvalue weighted by Gasteiger charge is -2.38. The first-order chi connectivity index (χ1) is 17.3. The van der Waals surface area contributed by atoms with Gasteiger partial charge in [0.25, 0.3) is 0 Å². The summed E-state index contributed by atoms with van der Waals surface area (Å²) in [5.74, 6) is -52.8. The van der Waals surface area contributed by atoms with Crippen molar-refractivity contribution in [2.24, 2.45) is 0 Å². The average molecular weight is 644 g/mol. The van der Waals surface area contributed by atoms with Crippen LogP contribution in [0.1, 0.15) is 12.8 Å².